The fourth-order valence-corrected chi connectivity index (χ4v) is 3.16. The first-order valence-electron chi connectivity index (χ1n) is 7.67. The van der Waals surface area contributed by atoms with Crippen molar-refractivity contribution in [2.45, 2.75) is 25.3 Å². The summed E-state index contributed by atoms with van der Waals surface area (Å²) >= 11 is 5.97. The average Bonchev–Trinajstić information content (AvgIpc) is 3.27. The highest BCUT2D eigenvalue weighted by Gasteiger charge is 2.40. The quantitative estimate of drug-likeness (QED) is 0.808. The van der Waals surface area contributed by atoms with E-state index in [0.29, 0.717) is 30.5 Å². The molecule has 0 radical (unpaired) electrons. The number of nitrogens with one attached hydrogen (secondary N) is 1. The van der Waals surface area contributed by atoms with E-state index in [4.69, 9.17) is 17.3 Å². The van der Waals surface area contributed by atoms with Crippen molar-refractivity contribution >= 4 is 29.1 Å². The average molecular weight is 322 g/mol. The Morgan fingerprint density at radius 2 is 2.18 bits per heavy atom. The first-order chi connectivity index (χ1) is 10.6. The summed E-state index contributed by atoms with van der Waals surface area (Å²) in [6, 6.07) is 7.14. The molecule has 3 rings (SSSR count). The molecule has 2 atom stereocenters. The van der Waals surface area contributed by atoms with Crippen LogP contribution in [-0.2, 0) is 9.59 Å². The van der Waals surface area contributed by atoms with Crippen LogP contribution in [0.4, 0.5) is 5.69 Å². The van der Waals surface area contributed by atoms with Crippen LogP contribution in [0.25, 0.3) is 0 Å². The number of hydrogen-bond donors (Lipinski definition) is 2. The fourth-order valence-electron chi connectivity index (χ4n) is 2.97. The van der Waals surface area contributed by atoms with E-state index in [-0.39, 0.29) is 17.9 Å². The Morgan fingerprint density at radius 1 is 1.41 bits per heavy atom. The van der Waals surface area contributed by atoms with Crippen molar-refractivity contribution in [1.82, 2.24) is 5.32 Å². The maximum absolute atomic E-state index is 12.5. The Kier molecular flexibility index (Phi) is 4.36. The van der Waals surface area contributed by atoms with Gasteiger partial charge >= 0.3 is 0 Å². The molecular weight excluding hydrogens is 302 g/mol. The highest BCUT2D eigenvalue weighted by molar-refractivity contribution is 6.31. The molecular formula is C16H20ClN3O2. The van der Waals surface area contributed by atoms with Crippen LogP contribution in [0, 0.1) is 11.8 Å². The summed E-state index contributed by atoms with van der Waals surface area (Å²) in [6.07, 6.45) is 2.74. The zero-order chi connectivity index (χ0) is 15.7. The molecule has 1 heterocycles. The Labute approximate surface area is 134 Å². The molecule has 5 nitrogen and oxygen atoms in total. The van der Waals surface area contributed by atoms with Gasteiger partial charge in [0.15, 0.2) is 0 Å². The van der Waals surface area contributed by atoms with Crippen molar-refractivity contribution in [3.63, 3.8) is 0 Å². The van der Waals surface area contributed by atoms with Gasteiger partial charge in [0.2, 0.25) is 11.8 Å². The second-order valence-corrected chi connectivity index (χ2v) is 6.44. The molecule has 2 amide bonds. The lowest BCUT2D eigenvalue weighted by Crippen LogP contribution is -2.46. The molecule has 6 heteroatoms. The first kappa shape index (κ1) is 15.3. The Balaban J connectivity index is 1.66. The van der Waals surface area contributed by atoms with E-state index in [1.165, 1.54) is 0 Å². The zero-order valence-electron chi connectivity index (χ0n) is 12.3. The number of anilines is 1. The number of hydrogen-bond acceptors (Lipinski definition) is 3. The largest absolute Gasteiger partial charge is 0.351 e. The van der Waals surface area contributed by atoms with Crippen molar-refractivity contribution in [3.05, 3.63) is 29.3 Å². The van der Waals surface area contributed by atoms with Crippen LogP contribution in [-0.4, -0.2) is 30.9 Å². The second-order valence-electron chi connectivity index (χ2n) is 6.00. The van der Waals surface area contributed by atoms with Gasteiger partial charge in [0.05, 0.1) is 0 Å². The molecule has 2 fully saturated rings. The van der Waals surface area contributed by atoms with E-state index >= 15 is 0 Å². The predicted octanol–water partition coefficient (Wildman–Crippen LogP) is 1.55. The molecule has 0 bridgehead atoms. The van der Waals surface area contributed by atoms with Crippen LogP contribution < -0.4 is 16.0 Å². The maximum Gasteiger partial charge on any atom is 0.239 e. The summed E-state index contributed by atoms with van der Waals surface area (Å²) < 4.78 is 0. The molecule has 3 N–H and O–H groups in total. The Morgan fingerprint density at radius 3 is 2.82 bits per heavy atom. The number of carbonyl (C=O) groups is 2. The van der Waals surface area contributed by atoms with Crippen molar-refractivity contribution < 1.29 is 9.59 Å². The third-order valence-corrected chi connectivity index (χ3v) is 4.65. The van der Waals surface area contributed by atoms with Gasteiger partial charge in [-0.1, -0.05) is 17.7 Å². The van der Waals surface area contributed by atoms with Crippen LogP contribution in [0.3, 0.4) is 0 Å². The van der Waals surface area contributed by atoms with Crippen molar-refractivity contribution in [2.24, 2.45) is 17.6 Å². The van der Waals surface area contributed by atoms with E-state index in [9.17, 15) is 9.59 Å². The second kappa shape index (κ2) is 6.26. The van der Waals surface area contributed by atoms with Gasteiger partial charge in [-0.3, -0.25) is 9.59 Å². The van der Waals surface area contributed by atoms with E-state index in [0.717, 1.165) is 18.5 Å². The van der Waals surface area contributed by atoms with E-state index in [1.54, 1.807) is 23.1 Å². The van der Waals surface area contributed by atoms with Gasteiger partial charge in [0.25, 0.3) is 0 Å². The highest BCUT2D eigenvalue weighted by Crippen LogP contribution is 2.33. The minimum Gasteiger partial charge on any atom is -0.351 e. The van der Waals surface area contributed by atoms with Crippen LogP contribution in [0.1, 0.15) is 19.3 Å². The molecule has 1 saturated heterocycles. The number of nitrogens with zero attached hydrogens (tertiary/aromatic N) is 1. The van der Waals surface area contributed by atoms with Crippen LogP contribution >= 0.6 is 11.6 Å². The molecule has 2 unspecified atom stereocenters. The SMILES string of the molecule is NCC(NC(=O)C1CCN(c2cccc(Cl)c2)C1=O)C1CC1. The summed E-state index contributed by atoms with van der Waals surface area (Å²) in [5.74, 6) is -0.496. The number of nitrogens with two attached hydrogens (primary N) is 1. The van der Waals surface area contributed by atoms with Gasteiger partial charge in [0.1, 0.15) is 5.92 Å². The van der Waals surface area contributed by atoms with Crippen molar-refractivity contribution in [3.8, 4) is 0 Å². The van der Waals surface area contributed by atoms with E-state index in [2.05, 4.69) is 5.32 Å². The van der Waals surface area contributed by atoms with Gasteiger partial charge in [-0.05, 0) is 43.4 Å². The number of carbonyl (C=O) groups excluding carboxylic acids is 2. The molecule has 118 valence electrons. The highest BCUT2D eigenvalue weighted by atomic mass is 35.5. The Hall–Kier alpha value is -1.59. The molecule has 1 saturated carbocycles. The number of halogens is 1. The summed E-state index contributed by atoms with van der Waals surface area (Å²) in [5.41, 5.74) is 6.45. The summed E-state index contributed by atoms with van der Waals surface area (Å²) in [5, 5.41) is 3.53. The fraction of sp³-hybridized carbons (Fsp3) is 0.500. The van der Waals surface area contributed by atoms with Gasteiger partial charge < -0.3 is 16.0 Å². The van der Waals surface area contributed by atoms with Crippen LogP contribution in [0.5, 0.6) is 0 Å². The van der Waals surface area contributed by atoms with Crippen LogP contribution in [0.15, 0.2) is 24.3 Å². The van der Waals surface area contributed by atoms with E-state index < -0.39 is 5.92 Å². The van der Waals surface area contributed by atoms with Gasteiger partial charge in [0, 0.05) is 29.8 Å². The topological polar surface area (TPSA) is 75.4 Å². The molecule has 2 aliphatic rings. The van der Waals surface area contributed by atoms with Gasteiger partial charge in [-0.15, -0.1) is 0 Å². The normalized spacial score (nSPS) is 22.7. The molecule has 0 aromatic heterocycles. The third kappa shape index (κ3) is 3.10. The van der Waals surface area contributed by atoms with E-state index in [1.807, 2.05) is 6.07 Å². The third-order valence-electron chi connectivity index (χ3n) is 4.41. The first-order valence-corrected chi connectivity index (χ1v) is 8.05. The standard InChI is InChI=1S/C16H20ClN3O2/c17-11-2-1-3-12(8-11)20-7-6-13(16(20)22)15(21)19-14(9-18)10-4-5-10/h1-3,8,10,13-14H,4-7,9,18H2,(H,19,21). The summed E-state index contributed by atoms with van der Waals surface area (Å²) in [7, 11) is 0. The molecule has 0 spiro atoms. The summed E-state index contributed by atoms with van der Waals surface area (Å²) in [6.45, 7) is 0.962. The number of amides is 2. The maximum atomic E-state index is 12.5. The zero-order valence-corrected chi connectivity index (χ0v) is 13.1. The molecule has 22 heavy (non-hydrogen) atoms. The summed E-state index contributed by atoms with van der Waals surface area (Å²) in [4.78, 5) is 26.5. The Bertz CT molecular complexity index is 589. The molecule has 1 aliphatic carbocycles. The lowest BCUT2D eigenvalue weighted by atomic mass is 10.1. The predicted molar refractivity (Wildman–Crippen MR) is 85.6 cm³/mol. The monoisotopic (exact) mass is 321 g/mol. The van der Waals surface area contributed by atoms with Crippen molar-refractivity contribution in [1.29, 1.82) is 0 Å². The lowest BCUT2D eigenvalue weighted by molar-refractivity contribution is -0.132. The smallest absolute Gasteiger partial charge is 0.239 e. The minimum atomic E-state index is -0.619. The number of benzene rings is 1. The number of rotatable bonds is 5. The van der Waals surface area contributed by atoms with Crippen LogP contribution in [0.2, 0.25) is 5.02 Å². The van der Waals surface area contributed by atoms with Gasteiger partial charge in [-0.25, -0.2) is 0 Å². The minimum absolute atomic E-state index is 0.000481. The molecule has 1 aromatic rings. The lowest BCUT2D eigenvalue weighted by Gasteiger charge is -2.19. The molecule has 1 aromatic carbocycles. The van der Waals surface area contributed by atoms with Crippen molar-refractivity contribution in [2.75, 3.05) is 18.0 Å². The molecule has 1 aliphatic heterocycles. The van der Waals surface area contributed by atoms with Gasteiger partial charge in [-0.2, -0.15) is 0 Å².